The van der Waals surface area contributed by atoms with E-state index in [1.54, 1.807) is 24.3 Å². The van der Waals surface area contributed by atoms with Crippen molar-refractivity contribution in [2.75, 3.05) is 26.6 Å². The third-order valence-electron chi connectivity index (χ3n) is 6.47. The van der Waals surface area contributed by atoms with Crippen LogP contribution in [-0.4, -0.2) is 60.8 Å². The second-order valence-corrected chi connectivity index (χ2v) is 9.64. The molecule has 0 aromatic heterocycles. The SMILES string of the molecule is N[C@@H](Cc1cc(OCCF)ccc1C1CC1)C(=O)O.N[C@H](Cc1cc(OCCF)ccc1C1CC1)C(=O)O. The van der Waals surface area contributed by atoms with E-state index in [9.17, 15) is 18.4 Å². The first-order valence-corrected chi connectivity index (χ1v) is 12.8. The minimum atomic E-state index is -1.02. The molecule has 2 saturated carbocycles. The van der Waals surface area contributed by atoms with Crippen LogP contribution < -0.4 is 20.9 Å². The molecule has 2 aromatic carbocycles. The van der Waals surface area contributed by atoms with Crippen LogP contribution in [0.4, 0.5) is 8.78 Å². The summed E-state index contributed by atoms with van der Waals surface area (Å²) in [7, 11) is 0. The molecule has 2 atom stereocenters. The summed E-state index contributed by atoms with van der Waals surface area (Å²) < 4.78 is 34.6. The molecule has 0 spiro atoms. The van der Waals surface area contributed by atoms with Gasteiger partial charge in [-0.1, -0.05) is 12.1 Å². The van der Waals surface area contributed by atoms with Crippen LogP contribution in [0.1, 0.15) is 59.8 Å². The lowest BCUT2D eigenvalue weighted by molar-refractivity contribution is -0.139. The number of nitrogens with two attached hydrogens (primary N) is 2. The van der Waals surface area contributed by atoms with Crippen molar-refractivity contribution in [3.05, 3.63) is 58.7 Å². The van der Waals surface area contributed by atoms with E-state index in [0.717, 1.165) is 47.9 Å². The van der Waals surface area contributed by atoms with Gasteiger partial charge in [-0.15, -0.1) is 0 Å². The fourth-order valence-corrected chi connectivity index (χ4v) is 4.24. The van der Waals surface area contributed by atoms with Gasteiger partial charge < -0.3 is 31.2 Å². The number of rotatable bonds is 14. The van der Waals surface area contributed by atoms with Gasteiger partial charge in [0.1, 0.15) is 50.1 Å². The van der Waals surface area contributed by atoms with E-state index in [1.165, 1.54) is 0 Å². The van der Waals surface area contributed by atoms with Crippen molar-refractivity contribution in [1.29, 1.82) is 0 Å². The van der Waals surface area contributed by atoms with Gasteiger partial charge in [-0.25, -0.2) is 8.78 Å². The molecule has 0 aliphatic heterocycles. The Morgan fingerprint density at radius 2 is 1.13 bits per heavy atom. The summed E-state index contributed by atoms with van der Waals surface area (Å²) in [6.07, 6.45) is 5.04. The summed E-state index contributed by atoms with van der Waals surface area (Å²) >= 11 is 0. The smallest absolute Gasteiger partial charge is 0.320 e. The molecule has 2 aliphatic rings. The quantitative estimate of drug-likeness (QED) is 0.287. The van der Waals surface area contributed by atoms with Crippen molar-refractivity contribution < 1.29 is 38.1 Å². The molecule has 0 unspecified atom stereocenters. The number of hydrogen-bond donors (Lipinski definition) is 4. The van der Waals surface area contributed by atoms with Crippen molar-refractivity contribution in [3.8, 4) is 11.5 Å². The van der Waals surface area contributed by atoms with E-state index < -0.39 is 37.4 Å². The number of carboxylic acids is 2. The predicted molar refractivity (Wildman–Crippen MR) is 138 cm³/mol. The number of hydrogen-bond acceptors (Lipinski definition) is 6. The molecule has 6 N–H and O–H groups in total. The van der Waals surface area contributed by atoms with Crippen LogP contribution in [0.15, 0.2) is 36.4 Å². The molecule has 2 aliphatic carbocycles. The molecular formula is C28H36F2N2O6. The zero-order chi connectivity index (χ0) is 27.7. The normalized spacial score (nSPS) is 16.1. The monoisotopic (exact) mass is 534 g/mol. The van der Waals surface area contributed by atoms with E-state index >= 15 is 0 Å². The second-order valence-electron chi connectivity index (χ2n) is 9.64. The Kier molecular flexibility index (Phi) is 10.8. The van der Waals surface area contributed by atoms with Gasteiger partial charge in [0, 0.05) is 0 Å². The molecule has 0 bridgehead atoms. The van der Waals surface area contributed by atoms with Gasteiger partial charge in [-0.05, 0) is 96.9 Å². The molecule has 2 fully saturated rings. The summed E-state index contributed by atoms with van der Waals surface area (Å²) in [6, 6.07) is 9.21. The van der Waals surface area contributed by atoms with E-state index in [0.29, 0.717) is 23.3 Å². The largest absolute Gasteiger partial charge is 0.491 e. The molecular weight excluding hydrogens is 498 g/mol. The molecule has 38 heavy (non-hydrogen) atoms. The number of halogens is 2. The highest BCUT2D eigenvalue weighted by Gasteiger charge is 2.28. The zero-order valence-electron chi connectivity index (χ0n) is 21.3. The third-order valence-corrected chi connectivity index (χ3v) is 6.47. The highest BCUT2D eigenvalue weighted by Crippen LogP contribution is 2.43. The van der Waals surface area contributed by atoms with Crippen molar-refractivity contribution in [1.82, 2.24) is 0 Å². The fourth-order valence-electron chi connectivity index (χ4n) is 4.24. The lowest BCUT2D eigenvalue weighted by Gasteiger charge is -2.14. The summed E-state index contributed by atoms with van der Waals surface area (Å²) in [5, 5.41) is 17.8. The van der Waals surface area contributed by atoms with E-state index in [-0.39, 0.29) is 26.1 Å². The Morgan fingerprint density at radius 3 is 1.42 bits per heavy atom. The van der Waals surface area contributed by atoms with Gasteiger partial charge in [0.2, 0.25) is 0 Å². The van der Waals surface area contributed by atoms with Crippen LogP contribution >= 0.6 is 0 Å². The maximum atomic E-state index is 12.1. The third kappa shape index (κ3) is 8.95. The van der Waals surface area contributed by atoms with E-state index in [1.807, 2.05) is 12.1 Å². The average molecular weight is 535 g/mol. The Hall–Kier alpha value is -3.24. The Labute approximate surface area is 220 Å². The van der Waals surface area contributed by atoms with Gasteiger partial charge in [-0.3, -0.25) is 9.59 Å². The zero-order valence-corrected chi connectivity index (χ0v) is 21.3. The summed E-state index contributed by atoms with van der Waals surface area (Å²) in [5.74, 6) is 0.107. The molecule has 208 valence electrons. The molecule has 8 nitrogen and oxygen atoms in total. The summed E-state index contributed by atoms with van der Waals surface area (Å²) in [6.45, 7) is -1.08. The summed E-state index contributed by atoms with van der Waals surface area (Å²) in [5.41, 5.74) is 15.3. The predicted octanol–water partition coefficient (Wildman–Crippen LogP) is 3.73. The minimum absolute atomic E-state index is 0.00714. The topological polar surface area (TPSA) is 145 Å². The fraction of sp³-hybridized carbons (Fsp3) is 0.500. The molecule has 0 amide bonds. The number of aliphatic carboxylic acids is 2. The van der Waals surface area contributed by atoms with E-state index in [4.69, 9.17) is 31.2 Å². The van der Waals surface area contributed by atoms with Crippen LogP contribution in [-0.2, 0) is 22.4 Å². The van der Waals surface area contributed by atoms with Crippen molar-refractivity contribution in [2.24, 2.45) is 11.5 Å². The van der Waals surface area contributed by atoms with Crippen LogP contribution in [0, 0.1) is 0 Å². The van der Waals surface area contributed by atoms with E-state index in [2.05, 4.69) is 0 Å². The number of ether oxygens (including phenoxy) is 2. The molecule has 4 rings (SSSR count). The molecule has 0 saturated heterocycles. The first-order valence-electron chi connectivity index (χ1n) is 12.8. The van der Waals surface area contributed by atoms with Gasteiger partial charge >= 0.3 is 11.9 Å². The van der Waals surface area contributed by atoms with Crippen LogP contribution in [0.2, 0.25) is 0 Å². The standard InChI is InChI=1S/2C14H18FNO3/c2*15-5-6-19-11-3-4-12(9-1-2-9)10(7-11)8-13(16)14(17)18/h2*3-4,7,9,13H,1-2,5-6,8,16H2,(H,17,18)/t2*13-/m10/s1. The van der Waals surface area contributed by atoms with Gasteiger partial charge in [0.25, 0.3) is 0 Å². The van der Waals surface area contributed by atoms with Gasteiger partial charge in [-0.2, -0.15) is 0 Å². The first kappa shape index (κ1) is 29.3. The van der Waals surface area contributed by atoms with Crippen LogP contribution in [0.3, 0.4) is 0 Å². The maximum absolute atomic E-state index is 12.1. The van der Waals surface area contributed by atoms with Crippen LogP contribution in [0.25, 0.3) is 0 Å². The lowest BCUT2D eigenvalue weighted by Crippen LogP contribution is -2.32. The summed E-state index contributed by atoms with van der Waals surface area (Å²) in [4.78, 5) is 21.7. The van der Waals surface area contributed by atoms with Crippen molar-refractivity contribution >= 4 is 11.9 Å². The number of alkyl halides is 2. The number of benzene rings is 2. The number of carbonyl (C=O) groups is 2. The molecule has 0 radical (unpaired) electrons. The first-order chi connectivity index (χ1) is 18.2. The number of carboxylic acid groups (broad SMARTS) is 2. The minimum Gasteiger partial charge on any atom is -0.491 e. The van der Waals surface area contributed by atoms with Gasteiger partial charge in [0.15, 0.2) is 0 Å². The molecule has 10 heteroatoms. The highest BCUT2D eigenvalue weighted by molar-refractivity contribution is 5.74. The Morgan fingerprint density at radius 1 is 0.763 bits per heavy atom. The van der Waals surface area contributed by atoms with Crippen molar-refractivity contribution in [3.63, 3.8) is 0 Å². The molecule has 2 aromatic rings. The average Bonchev–Trinajstić information content (AvgIpc) is 3.81. The van der Waals surface area contributed by atoms with Crippen molar-refractivity contribution in [2.45, 2.75) is 62.4 Å². The Balaban J connectivity index is 0.000000211. The Bertz CT molecular complexity index is 1010. The maximum Gasteiger partial charge on any atom is 0.320 e. The highest BCUT2D eigenvalue weighted by atomic mass is 19.1. The van der Waals surface area contributed by atoms with Gasteiger partial charge in [0.05, 0.1) is 0 Å². The second kappa shape index (κ2) is 14.1. The lowest BCUT2D eigenvalue weighted by atomic mass is 9.97. The van der Waals surface area contributed by atoms with Crippen LogP contribution in [0.5, 0.6) is 11.5 Å². The molecule has 0 heterocycles.